The Balaban J connectivity index is 1.04. The van der Waals surface area contributed by atoms with Crippen molar-refractivity contribution in [2.24, 2.45) is 0 Å². The lowest BCUT2D eigenvalue weighted by Crippen LogP contribution is -2.29. The lowest BCUT2D eigenvalue weighted by molar-refractivity contribution is 0.589. The van der Waals surface area contributed by atoms with E-state index < -0.39 is 5.41 Å². The highest BCUT2D eigenvalue weighted by atomic mass is 32.1. The average molecular weight is 1230 g/mol. The molecule has 0 saturated heterocycles. The number of anilines is 6. The summed E-state index contributed by atoms with van der Waals surface area (Å²) in [5.41, 5.74) is 19.6. The molecular formula is C87H62N2O4S. The largest absolute Gasteiger partial charge is 0.455 e. The molecule has 1 unspecified atom stereocenters. The summed E-state index contributed by atoms with van der Waals surface area (Å²) in [5.74, 6) is 0. The van der Waals surface area contributed by atoms with Crippen LogP contribution in [-0.2, 0) is 16.2 Å². The van der Waals surface area contributed by atoms with Crippen molar-refractivity contribution in [3.05, 3.63) is 300 Å². The standard InChI is InChI=1S/C87H62N2O4S/c1-85(2,3)51-39-41-52(42-40-51)87(54-44-46-76-64(48-54)63-47-53(86(4,5)6)43-45-75(63)94-76)65-50-70(89(56-25-11-8-12-26-56)68-34-22-32-60-58-28-14-18-36-72(58)91-82(60)68)83-78(62-30-16-20-38-74(62)92-83)79(65)80-66(87)49-69(77-61-29-15-19-37-73(61)93-84(77)80)88(55-23-9-7-10-24-55)67-33-21-31-59-57-27-13-17-35-71(57)90-81(59)67/h7-50H,1-6H3. The molecule has 0 spiro atoms. The van der Waals surface area contributed by atoms with E-state index in [0.717, 1.165) is 155 Å². The summed E-state index contributed by atoms with van der Waals surface area (Å²) in [6.07, 6.45) is 0. The van der Waals surface area contributed by atoms with Crippen molar-refractivity contribution < 1.29 is 17.7 Å². The number of hydrogen-bond acceptors (Lipinski definition) is 7. The first kappa shape index (κ1) is 54.6. The third-order valence-electron chi connectivity index (χ3n) is 20.0. The quantitative estimate of drug-likeness (QED) is 0.151. The van der Waals surface area contributed by atoms with Crippen LogP contribution >= 0.6 is 11.3 Å². The van der Waals surface area contributed by atoms with E-state index in [0.29, 0.717) is 0 Å². The van der Waals surface area contributed by atoms with Crippen LogP contribution in [0.1, 0.15) is 74.9 Å². The number of hydrogen-bond donors (Lipinski definition) is 0. The van der Waals surface area contributed by atoms with Crippen LogP contribution in [0.5, 0.6) is 0 Å². The first-order valence-electron chi connectivity index (χ1n) is 32.5. The van der Waals surface area contributed by atoms with Crippen molar-refractivity contribution >= 4 is 153 Å². The molecule has 0 fully saturated rings. The molecular weight excluding hydrogens is 1170 g/mol. The summed E-state index contributed by atoms with van der Waals surface area (Å²) in [4.78, 5) is 4.80. The molecule has 5 aromatic heterocycles. The van der Waals surface area contributed by atoms with Gasteiger partial charge in [-0.1, -0.05) is 211 Å². The topological polar surface area (TPSA) is 59.0 Å². The van der Waals surface area contributed by atoms with Gasteiger partial charge in [0.25, 0.3) is 0 Å². The van der Waals surface area contributed by atoms with Gasteiger partial charge in [-0.15, -0.1) is 11.3 Å². The zero-order valence-electron chi connectivity index (χ0n) is 52.8. The molecule has 0 aliphatic heterocycles. The van der Waals surface area contributed by atoms with Gasteiger partial charge in [0.2, 0.25) is 0 Å². The third kappa shape index (κ3) is 7.82. The van der Waals surface area contributed by atoms with Gasteiger partial charge in [-0.3, -0.25) is 0 Å². The molecule has 13 aromatic carbocycles. The van der Waals surface area contributed by atoms with E-state index in [-0.39, 0.29) is 10.8 Å². The maximum absolute atomic E-state index is 7.77. The summed E-state index contributed by atoms with van der Waals surface area (Å²) in [6.45, 7) is 13.8. The molecule has 7 heteroatoms. The highest BCUT2D eigenvalue weighted by Crippen LogP contribution is 2.65. The minimum absolute atomic E-state index is 0.0719. The van der Waals surface area contributed by atoms with Gasteiger partial charge in [0.15, 0.2) is 16.7 Å². The van der Waals surface area contributed by atoms with Crippen LogP contribution in [-0.4, -0.2) is 0 Å². The second-order valence-corrected chi connectivity index (χ2v) is 28.5. The number of benzene rings is 13. The molecule has 1 aliphatic rings. The summed E-state index contributed by atoms with van der Waals surface area (Å²) in [7, 11) is 0. The fourth-order valence-electron chi connectivity index (χ4n) is 15.6. The molecule has 1 aliphatic carbocycles. The van der Waals surface area contributed by atoms with Crippen molar-refractivity contribution in [2.45, 2.75) is 57.8 Å². The van der Waals surface area contributed by atoms with Gasteiger partial charge >= 0.3 is 0 Å². The van der Waals surface area contributed by atoms with E-state index in [4.69, 9.17) is 17.7 Å². The van der Waals surface area contributed by atoms with Gasteiger partial charge in [0, 0.05) is 80.4 Å². The number of thiophene rings is 1. The Labute approximate surface area is 546 Å². The Kier molecular flexibility index (Phi) is 11.6. The first-order valence-corrected chi connectivity index (χ1v) is 33.3. The molecule has 18 aromatic rings. The van der Waals surface area contributed by atoms with Crippen LogP contribution in [0.25, 0.3) is 119 Å². The lowest BCUT2D eigenvalue weighted by Gasteiger charge is -2.36. The van der Waals surface area contributed by atoms with E-state index >= 15 is 0 Å². The minimum Gasteiger partial charge on any atom is -0.455 e. The van der Waals surface area contributed by atoms with Crippen LogP contribution in [0.15, 0.2) is 285 Å². The molecule has 0 radical (unpaired) electrons. The molecule has 0 saturated carbocycles. The van der Waals surface area contributed by atoms with Gasteiger partial charge < -0.3 is 27.5 Å². The van der Waals surface area contributed by atoms with Crippen LogP contribution in [0.2, 0.25) is 0 Å². The molecule has 1 atom stereocenters. The monoisotopic (exact) mass is 1230 g/mol. The smallest absolute Gasteiger partial charge is 0.160 e. The van der Waals surface area contributed by atoms with Crippen LogP contribution in [0.4, 0.5) is 34.1 Å². The van der Waals surface area contributed by atoms with Crippen LogP contribution in [0.3, 0.4) is 0 Å². The summed E-state index contributed by atoms with van der Waals surface area (Å²) in [6, 6.07) is 97.5. The van der Waals surface area contributed by atoms with Gasteiger partial charge in [-0.05, 0) is 141 Å². The molecule has 19 rings (SSSR count). The molecule has 450 valence electrons. The fourth-order valence-corrected chi connectivity index (χ4v) is 16.7. The maximum Gasteiger partial charge on any atom is 0.160 e. The molecule has 0 N–H and O–H groups in total. The number of fused-ring (bicyclic) bond motifs is 20. The second-order valence-electron chi connectivity index (χ2n) is 27.4. The van der Waals surface area contributed by atoms with Crippen LogP contribution in [0, 0.1) is 0 Å². The highest BCUT2D eigenvalue weighted by molar-refractivity contribution is 7.25. The van der Waals surface area contributed by atoms with Crippen LogP contribution < -0.4 is 9.80 Å². The van der Waals surface area contributed by atoms with Gasteiger partial charge in [0.1, 0.15) is 27.9 Å². The first-order chi connectivity index (χ1) is 45.9. The lowest BCUT2D eigenvalue weighted by atomic mass is 9.66. The third-order valence-corrected chi connectivity index (χ3v) is 21.2. The predicted molar refractivity (Wildman–Crippen MR) is 393 cm³/mol. The number of rotatable bonds is 8. The Morgan fingerprint density at radius 1 is 0.298 bits per heavy atom. The molecule has 94 heavy (non-hydrogen) atoms. The Morgan fingerprint density at radius 3 is 1.30 bits per heavy atom. The summed E-state index contributed by atoms with van der Waals surface area (Å²) in [5, 5.41) is 10.6. The fraction of sp³-hybridized carbons (Fsp3) is 0.103. The minimum atomic E-state index is -1.07. The number of nitrogens with zero attached hydrogens (tertiary/aromatic N) is 2. The maximum atomic E-state index is 7.77. The number of furan rings is 4. The SMILES string of the molecule is CC(C)(C)c1ccc(C2(c3ccc4sc5ccc(C(C)(C)C)cc5c4c3)c3cc(N(c4ccccc4)c4cccc5c4oc4ccccc45)c4c(oc5ccccc54)c3-c3c2cc(N(c2ccccc2)c2cccc4c2oc2ccccc24)c2oc4ccccc4c32)cc1. The molecule has 0 amide bonds. The van der Waals surface area contributed by atoms with Gasteiger partial charge in [-0.2, -0.15) is 0 Å². The van der Waals surface area contributed by atoms with E-state index in [1.54, 1.807) is 0 Å². The van der Waals surface area contributed by atoms with Gasteiger partial charge in [0.05, 0.1) is 33.6 Å². The molecule has 6 nitrogen and oxygen atoms in total. The normalized spacial score (nSPS) is 14.3. The van der Waals surface area contributed by atoms with E-state index in [9.17, 15) is 0 Å². The molecule has 0 bridgehead atoms. The van der Waals surface area contributed by atoms with E-state index in [1.807, 2.05) is 17.4 Å². The summed E-state index contributed by atoms with van der Waals surface area (Å²) < 4.78 is 32.0. The van der Waals surface area contributed by atoms with Crippen molar-refractivity contribution in [1.29, 1.82) is 0 Å². The highest BCUT2D eigenvalue weighted by Gasteiger charge is 2.51. The Morgan fingerprint density at radius 2 is 0.723 bits per heavy atom. The average Bonchev–Trinajstić information content (AvgIpc) is 1.50. The summed E-state index contributed by atoms with van der Waals surface area (Å²) >= 11 is 1.86. The van der Waals surface area contributed by atoms with E-state index in [2.05, 4.69) is 312 Å². The Bertz CT molecular complexity index is 6150. The zero-order chi connectivity index (χ0) is 62.9. The number of para-hydroxylation sites is 8. The zero-order valence-corrected chi connectivity index (χ0v) is 53.7. The Hall–Kier alpha value is -11.1. The van der Waals surface area contributed by atoms with Crippen molar-refractivity contribution in [2.75, 3.05) is 9.80 Å². The van der Waals surface area contributed by atoms with Crippen molar-refractivity contribution in [1.82, 2.24) is 0 Å². The van der Waals surface area contributed by atoms with E-state index in [1.165, 1.54) is 31.3 Å². The van der Waals surface area contributed by atoms with Gasteiger partial charge in [-0.25, -0.2) is 0 Å². The van der Waals surface area contributed by atoms with Crippen molar-refractivity contribution in [3.63, 3.8) is 0 Å². The van der Waals surface area contributed by atoms with Crippen molar-refractivity contribution in [3.8, 4) is 11.1 Å². The predicted octanol–water partition coefficient (Wildman–Crippen LogP) is 25.5. The molecule has 5 heterocycles. The second kappa shape index (κ2) is 19.9.